The second-order valence-electron chi connectivity index (χ2n) is 9.39. The zero-order valence-electron chi connectivity index (χ0n) is 18.0. The third kappa shape index (κ3) is 5.59. The van der Waals surface area contributed by atoms with E-state index in [0.717, 1.165) is 0 Å². The molecule has 10 heteroatoms. The first kappa shape index (κ1) is 24.3. The maximum atomic E-state index is 12.8. The quantitative estimate of drug-likeness (QED) is 0.483. The van der Waals surface area contributed by atoms with Gasteiger partial charge in [0.15, 0.2) is 0 Å². The summed E-state index contributed by atoms with van der Waals surface area (Å²) < 4.78 is 71.4. The van der Waals surface area contributed by atoms with Gasteiger partial charge in [-0.3, -0.25) is 0 Å². The van der Waals surface area contributed by atoms with Crippen molar-refractivity contribution in [3.05, 3.63) is 29.3 Å². The van der Waals surface area contributed by atoms with E-state index in [1.165, 1.54) is 12.1 Å². The van der Waals surface area contributed by atoms with Gasteiger partial charge in [0.25, 0.3) is 0 Å². The Morgan fingerprint density at radius 3 is 2.20 bits per heavy atom. The highest BCUT2D eigenvalue weighted by Gasteiger charge is 2.49. The molecule has 0 aliphatic carbocycles. The number of carbonyl (C=O) groups excluding carboxylic acids is 1. The third-order valence-electron chi connectivity index (χ3n) is 4.73. The topological polar surface area (TPSA) is 72.9 Å². The van der Waals surface area contributed by atoms with Crippen LogP contribution in [0.3, 0.4) is 0 Å². The molecule has 0 N–H and O–H groups in total. The fraction of sp³-hybridized carbons (Fsp3) is 0.650. The summed E-state index contributed by atoms with van der Waals surface area (Å²) in [6.07, 6.45) is -0.0768. The molecule has 0 fully saturated rings. The van der Waals surface area contributed by atoms with Crippen molar-refractivity contribution in [2.45, 2.75) is 71.5 Å². The highest BCUT2D eigenvalue weighted by Crippen LogP contribution is 2.37. The summed E-state index contributed by atoms with van der Waals surface area (Å²) in [6.45, 7) is 11.3. The summed E-state index contributed by atoms with van der Waals surface area (Å²) in [4.78, 5) is 14.4. The van der Waals surface area contributed by atoms with Crippen LogP contribution < -0.4 is 4.18 Å². The molecule has 1 aromatic rings. The van der Waals surface area contributed by atoms with Gasteiger partial charge in [0.1, 0.15) is 11.4 Å². The van der Waals surface area contributed by atoms with Crippen LogP contribution in [0.25, 0.3) is 0 Å². The Morgan fingerprint density at radius 1 is 1.10 bits per heavy atom. The lowest BCUT2D eigenvalue weighted by atomic mass is 9.82. The monoisotopic (exact) mass is 451 g/mol. The van der Waals surface area contributed by atoms with Crippen LogP contribution in [-0.2, 0) is 27.7 Å². The van der Waals surface area contributed by atoms with E-state index in [9.17, 15) is 26.4 Å². The fourth-order valence-electron chi connectivity index (χ4n) is 3.35. The Bertz CT molecular complexity index is 898. The van der Waals surface area contributed by atoms with Gasteiger partial charge in [0.05, 0.1) is 0 Å². The maximum absolute atomic E-state index is 12.8. The van der Waals surface area contributed by atoms with Crippen molar-refractivity contribution in [3.63, 3.8) is 0 Å². The standard InChI is InChI=1S/C20H28F3NO5S/c1-18(2,3)16-12-13-8-7-9-15(29-30(26,27)20(21,22)23)14(13)10-11-24(16)17(25)28-19(4,5)6/h7-9,16H,10-12H2,1-6H3. The molecule has 0 saturated heterocycles. The van der Waals surface area contributed by atoms with Crippen LogP contribution >= 0.6 is 0 Å². The number of halogens is 3. The number of hydrogen-bond donors (Lipinski definition) is 0. The fourth-order valence-corrected chi connectivity index (χ4v) is 3.84. The van der Waals surface area contributed by atoms with E-state index in [1.54, 1.807) is 31.7 Å². The van der Waals surface area contributed by atoms with Gasteiger partial charge in [-0.15, -0.1) is 0 Å². The van der Waals surface area contributed by atoms with Crippen molar-refractivity contribution in [1.82, 2.24) is 4.90 Å². The Hall–Kier alpha value is -1.97. The molecule has 170 valence electrons. The predicted molar refractivity (Wildman–Crippen MR) is 106 cm³/mol. The lowest BCUT2D eigenvalue weighted by molar-refractivity contribution is -0.0500. The first-order valence-corrected chi connectivity index (χ1v) is 10.9. The molecule has 6 nitrogen and oxygen atoms in total. The molecule has 0 spiro atoms. The number of fused-ring (bicyclic) bond motifs is 1. The highest BCUT2D eigenvalue weighted by atomic mass is 32.2. The smallest absolute Gasteiger partial charge is 0.444 e. The average Bonchev–Trinajstić information content (AvgIpc) is 2.72. The molecule has 0 aromatic heterocycles. The molecule has 1 atom stereocenters. The number of benzene rings is 1. The molecule has 1 aliphatic rings. The van der Waals surface area contributed by atoms with Crippen LogP contribution in [0.2, 0.25) is 0 Å². The van der Waals surface area contributed by atoms with Crippen molar-refractivity contribution in [2.75, 3.05) is 6.54 Å². The third-order valence-corrected chi connectivity index (χ3v) is 5.70. The van der Waals surface area contributed by atoms with E-state index in [0.29, 0.717) is 17.5 Å². The van der Waals surface area contributed by atoms with Gasteiger partial charge >= 0.3 is 21.7 Å². The van der Waals surface area contributed by atoms with Gasteiger partial charge in [0, 0.05) is 18.2 Å². The number of carbonyl (C=O) groups is 1. The molecule has 1 aromatic carbocycles. The normalized spacial score (nSPS) is 18.4. The Morgan fingerprint density at radius 2 is 1.70 bits per heavy atom. The molecule has 0 radical (unpaired) electrons. The molecule has 0 saturated carbocycles. The SMILES string of the molecule is CC(C)(C)OC(=O)N1CCc2c(cccc2OS(=O)(=O)C(F)(F)F)CC1C(C)(C)C. The minimum absolute atomic E-state index is 0.130. The number of ether oxygens (including phenoxy) is 1. The van der Waals surface area contributed by atoms with Crippen LogP contribution in [0.5, 0.6) is 5.75 Å². The Kier molecular flexibility index (Phi) is 6.43. The van der Waals surface area contributed by atoms with Crippen LogP contribution in [0.1, 0.15) is 52.7 Å². The largest absolute Gasteiger partial charge is 0.534 e. The second kappa shape index (κ2) is 7.94. The number of hydrogen-bond acceptors (Lipinski definition) is 5. The van der Waals surface area contributed by atoms with Crippen molar-refractivity contribution < 1.29 is 35.3 Å². The molecule has 30 heavy (non-hydrogen) atoms. The van der Waals surface area contributed by atoms with Crippen molar-refractivity contribution in [3.8, 4) is 5.75 Å². The van der Waals surface area contributed by atoms with Gasteiger partial charge < -0.3 is 13.8 Å². The van der Waals surface area contributed by atoms with E-state index < -0.39 is 27.3 Å². The lowest BCUT2D eigenvalue weighted by Crippen LogP contribution is -2.50. The van der Waals surface area contributed by atoms with Crippen LogP contribution in [0, 0.1) is 5.41 Å². The molecule has 1 aliphatic heterocycles. The number of rotatable bonds is 2. The van der Waals surface area contributed by atoms with E-state index in [4.69, 9.17) is 4.74 Å². The highest BCUT2D eigenvalue weighted by molar-refractivity contribution is 7.88. The first-order valence-electron chi connectivity index (χ1n) is 9.53. The minimum atomic E-state index is -5.80. The molecule has 0 bridgehead atoms. The summed E-state index contributed by atoms with van der Waals surface area (Å²) in [5.41, 5.74) is -5.64. The molecular weight excluding hydrogens is 423 g/mol. The van der Waals surface area contributed by atoms with Gasteiger partial charge in [-0.05, 0) is 50.7 Å². The average molecular weight is 452 g/mol. The lowest BCUT2D eigenvalue weighted by Gasteiger charge is -2.39. The summed E-state index contributed by atoms with van der Waals surface area (Å²) in [6, 6.07) is 4.03. The van der Waals surface area contributed by atoms with E-state index in [-0.39, 0.29) is 30.2 Å². The van der Waals surface area contributed by atoms with Crippen molar-refractivity contribution in [2.24, 2.45) is 5.41 Å². The van der Waals surface area contributed by atoms with Gasteiger partial charge in [-0.2, -0.15) is 21.6 Å². The van der Waals surface area contributed by atoms with E-state index >= 15 is 0 Å². The van der Waals surface area contributed by atoms with Gasteiger partial charge in [-0.1, -0.05) is 32.9 Å². The maximum Gasteiger partial charge on any atom is 0.534 e. The Balaban J connectivity index is 2.45. The van der Waals surface area contributed by atoms with E-state index in [1.807, 2.05) is 20.8 Å². The van der Waals surface area contributed by atoms with Gasteiger partial charge in [0.2, 0.25) is 0 Å². The number of alkyl halides is 3. The number of amides is 1. The number of nitrogens with zero attached hydrogens (tertiary/aromatic N) is 1. The van der Waals surface area contributed by atoms with Crippen molar-refractivity contribution >= 4 is 16.2 Å². The molecule has 1 amide bonds. The minimum Gasteiger partial charge on any atom is -0.444 e. The van der Waals surface area contributed by atoms with Crippen LogP contribution in [-0.4, -0.2) is 43.1 Å². The predicted octanol–water partition coefficient (Wildman–Crippen LogP) is 4.67. The molecule has 2 rings (SSSR count). The van der Waals surface area contributed by atoms with Gasteiger partial charge in [-0.25, -0.2) is 4.79 Å². The molecule has 1 unspecified atom stereocenters. The summed E-state index contributed by atoms with van der Waals surface area (Å²) in [5.74, 6) is -0.372. The summed E-state index contributed by atoms with van der Waals surface area (Å²) in [7, 11) is -5.80. The summed E-state index contributed by atoms with van der Waals surface area (Å²) >= 11 is 0. The Labute approximate surface area is 175 Å². The van der Waals surface area contributed by atoms with Crippen molar-refractivity contribution in [1.29, 1.82) is 0 Å². The first-order chi connectivity index (χ1) is 13.4. The van der Waals surface area contributed by atoms with Crippen LogP contribution in [0.4, 0.5) is 18.0 Å². The zero-order chi connectivity index (χ0) is 23.1. The van der Waals surface area contributed by atoms with Crippen LogP contribution in [0.15, 0.2) is 18.2 Å². The zero-order valence-corrected chi connectivity index (χ0v) is 18.8. The summed E-state index contributed by atoms with van der Waals surface area (Å²) in [5, 5.41) is 0. The van der Waals surface area contributed by atoms with E-state index in [2.05, 4.69) is 4.18 Å². The molecule has 1 heterocycles. The molecular formula is C20H28F3NO5S. The second-order valence-corrected chi connectivity index (χ2v) is 10.9.